The second-order valence-corrected chi connectivity index (χ2v) is 6.06. The van der Waals surface area contributed by atoms with Crippen molar-refractivity contribution in [1.29, 1.82) is 0 Å². The highest BCUT2D eigenvalue weighted by Gasteiger charge is 2.35. The Morgan fingerprint density at radius 3 is 1.75 bits per heavy atom. The Morgan fingerprint density at radius 1 is 1.00 bits per heavy atom. The van der Waals surface area contributed by atoms with Gasteiger partial charge in [0.2, 0.25) is 5.91 Å². The molecule has 0 heterocycles. The highest BCUT2D eigenvalue weighted by molar-refractivity contribution is 5.81. The monoisotopic (exact) mass is 227 g/mol. The molecule has 96 valence electrons. The fourth-order valence-corrected chi connectivity index (χ4v) is 2.34. The number of hydrogen-bond donors (Lipinski definition) is 0. The van der Waals surface area contributed by atoms with Gasteiger partial charge in [-0.05, 0) is 25.7 Å². The van der Waals surface area contributed by atoms with Gasteiger partial charge in [-0.15, -0.1) is 0 Å². The molecule has 0 aliphatic heterocycles. The third-order valence-corrected chi connectivity index (χ3v) is 3.51. The van der Waals surface area contributed by atoms with Crippen molar-refractivity contribution in [1.82, 2.24) is 4.90 Å². The van der Waals surface area contributed by atoms with Crippen molar-refractivity contribution >= 4 is 5.91 Å². The number of hydrogen-bond acceptors (Lipinski definition) is 1. The molecule has 16 heavy (non-hydrogen) atoms. The molecule has 0 aromatic rings. The first-order valence-electron chi connectivity index (χ1n) is 6.49. The maximum Gasteiger partial charge on any atom is 0.228 e. The molecule has 1 amide bonds. The summed E-state index contributed by atoms with van der Waals surface area (Å²) >= 11 is 0. The first-order valence-corrected chi connectivity index (χ1v) is 6.49. The van der Waals surface area contributed by atoms with E-state index in [0.717, 1.165) is 25.9 Å². The Bertz CT molecular complexity index is 227. The van der Waals surface area contributed by atoms with E-state index in [9.17, 15) is 4.79 Å². The number of amides is 1. The van der Waals surface area contributed by atoms with Crippen LogP contribution in [0, 0.1) is 10.8 Å². The standard InChI is InChI=1S/C14H29NO/c1-8-13(4,5)11-14(6,7)12(16)15(9-2)10-3/h8-11H2,1-7H3. The van der Waals surface area contributed by atoms with Gasteiger partial charge in [0, 0.05) is 18.5 Å². The molecule has 0 fully saturated rings. The lowest BCUT2D eigenvalue weighted by atomic mass is 9.73. The smallest absolute Gasteiger partial charge is 0.228 e. The lowest BCUT2D eigenvalue weighted by molar-refractivity contribution is -0.141. The van der Waals surface area contributed by atoms with E-state index in [2.05, 4.69) is 34.6 Å². The van der Waals surface area contributed by atoms with E-state index in [4.69, 9.17) is 0 Å². The minimum Gasteiger partial charge on any atom is -0.343 e. The number of rotatable bonds is 6. The molecule has 0 rings (SSSR count). The maximum atomic E-state index is 12.3. The van der Waals surface area contributed by atoms with Crippen molar-refractivity contribution in [3.8, 4) is 0 Å². The van der Waals surface area contributed by atoms with Gasteiger partial charge in [0.15, 0.2) is 0 Å². The molecule has 2 heteroatoms. The summed E-state index contributed by atoms with van der Waals surface area (Å²) in [6, 6.07) is 0. The minimum absolute atomic E-state index is 0.242. The summed E-state index contributed by atoms with van der Waals surface area (Å²) in [6.07, 6.45) is 2.06. The molecule has 0 N–H and O–H groups in total. The van der Waals surface area contributed by atoms with Crippen molar-refractivity contribution in [2.24, 2.45) is 10.8 Å². The van der Waals surface area contributed by atoms with Gasteiger partial charge in [0.05, 0.1) is 0 Å². The molecule has 2 nitrogen and oxygen atoms in total. The average molecular weight is 227 g/mol. The number of nitrogens with zero attached hydrogens (tertiary/aromatic N) is 1. The Labute approximate surface area is 101 Å². The van der Waals surface area contributed by atoms with Gasteiger partial charge in [0.25, 0.3) is 0 Å². The summed E-state index contributed by atoms with van der Waals surface area (Å²) in [5.41, 5.74) is -0.00214. The predicted molar refractivity (Wildman–Crippen MR) is 70.4 cm³/mol. The van der Waals surface area contributed by atoms with Gasteiger partial charge in [-0.2, -0.15) is 0 Å². The minimum atomic E-state index is -0.245. The molecule has 0 aromatic heterocycles. The lowest BCUT2D eigenvalue weighted by Crippen LogP contribution is -2.42. The van der Waals surface area contributed by atoms with Gasteiger partial charge in [-0.3, -0.25) is 4.79 Å². The Morgan fingerprint density at radius 2 is 1.44 bits per heavy atom. The van der Waals surface area contributed by atoms with E-state index in [-0.39, 0.29) is 10.8 Å². The van der Waals surface area contributed by atoms with Crippen LogP contribution in [0.1, 0.15) is 61.3 Å². The molecule has 0 saturated heterocycles. The van der Waals surface area contributed by atoms with Crippen LogP contribution in [0.4, 0.5) is 0 Å². The maximum absolute atomic E-state index is 12.3. The van der Waals surface area contributed by atoms with Crippen LogP contribution in [0.15, 0.2) is 0 Å². The van der Waals surface area contributed by atoms with Gasteiger partial charge in [-0.25, -0.2) is 0 Å². The fraction of sp³-hybridized carbons (Fsp3) is 0.929. The molecular formula is C14H29NO. The van der Waals surface area contributed by atoms with Crippen LogP contribution in [0.2, 0.25) is 0 Å². The third kappa shape index (κ3) is 4.15. The number of carbonyl (C=O) groups is 1. The Hall–Kier alpha value is -0.530. The molecule has 0 saturated carbocycles. The van der Waals surface area contributed by atoms with Crippen LogP contribution < -0.4 is 0 Å². The van der Waals surface area contributed by atoms with Crippen molar-refractivity contribution in [2.75, 3.05) is 13.1 Å². The largest absolute Gasteiger partial charge is 0.343 e. The van der Waals surface area contributed by atoms with Gasteiger partial charge < -0.3 is 4.90 Å². The van der Waals surface area contributed by atoms with Crippen LogP contribution in [0.5, 0.6) is 0 Å². The molecule has 0 bridgehead atoms. The van der Waals surface area contributed by atoms with Crippen LogP contribution >= 0.6 is 0 Å². The zero-order valence-electron chi connectivity index (χ0n) is 12.2. The highest BCUT2D eigenvalue weighted by Crippen LogP contribution is 2.37. The van der Waals surface area contributed by atoms with Gasteiger partial charge >= 0.3 is 0 Å². The molecule has 0 aromatic carbocycles. The summed E-state index contributed by atoms with van der Waals surface area (Å²) < 4.78 is 0. The lowest BCUT2D eigenvalue weighted by Gasteiger charge is -2.36. The summed E-state index contributed by atoms with van der Waals surface area (Å²) in [6.45, 7) is 16.5. The fourth-order valence-electron chi connectivity index (χ4n) is 2.34. The summed E-state index contributed by atoms with van der Waals surface area (Å²) in [7, 11) is 0. The average Bonchev–Trinajstić information content (AvgIpc) is 2.18. The first kappa shape index (κ1) is 15.5. The van der Waals surface area contributed by atoms with E-state index in [0.29, 0.717) is 5.91 Å². The van der Waals surface area contributed by atoms with E-state index in [1.165, 1.54) is 0 Å². The van der Waals surface area contributed by atoms with Crippen LogP contribution in [0.3, 0.4) is 0 Å². The predicted octanol–water partition coefficient (Wildman–Crippen LogP) is 3.71. The molecule has 0 aliphatic rings. The highest BCUT2D eigenvalue weighted by atomic mass is 16.2. The molecule has 0 aliphatic carbocycles. The Kier molecular flexibility index (Phi) is 5.51. The van der Waals surface area contributed by atoms with Crippen molar-refractivity contribution in [2.45, 2.75) is 61.3 Å². The van der Waals surface area contributed by atoms with Crippen molar-refractivity contribution in [3.63, 3.8) is 0 Å². The Balaban J connectivity index is 4.71. The normalized spacial score (nSPS) is 12.7. The van der Waals surface area contributed by atoms with Crippen LogP contribution in [0.25, 0.3) is 0 Å². The second kappa shape index (κ2) is 5.70. The first-order chi connectivity index (χ1) is 7.20. The van der Waals surface area contributed by atoms with Crippen molar-refractivity contribution in [3.05, 3.63) is 0 Å². The van der Waals surface area contributed by atoms with Gasteiger partial charge in [0.1, 0.15) is 0 Å². The van der Waals surface area contributed by atoms with E-state index in [1.807, 2.05) is 18.7 Å². The van der Waals surface area contributed by atoms with E-state index >= 15 is 0 Å². The molecule has 0 atom stereocenters. The second-order valence-electron chi connectivity index (χ2n) is 6.06. The number of carbonyl (C=O) groups excluding carboxylic acids is 1. The molecular weight excluding hydrogens is 198 g/mol. The zero-order valence-corrected chi connectivity index (χ0v) is 12.2. The van der Waals surface area contributed by atoms with Crippen molar-refractivity contribution < 1.29 is 4.79 Å². The SMILES string of the molecule is CCN(CC)C(=O)C(C)(C)CC(C)(C)CC. The third-order valence-electron chi connectivity index (χ3n) is 3.51. The molecule has 0 unspecified atom stereocenters. The summed E-state index contributed by atoms with van der Waals surface area (Å²) in [4.78, 5) is 14.3. The molecule has 0 radical (unpaired) electrons. The van der Waals surface area contributed by atoms with E-state index in [1.54, 1.807) is 0 Å². The van der Waals surface area contributed by atoms with Gasteiger partial charge in [-0.1, -0.05) is 41.0 Å². The van der Waals surface area contributed by atoms with Crippen LogP contribution in [-0.2, 0) is 4.79 Å². The summed E-state index contributed by atoms with van der Waals surface area (Å²) in [5, 5.41) is 0. The van der Waals surface area contributed by atoms with E-state index < -0.39 is 0 Å². The zero-order chi connectivity index (χ0) is 13.0. The quantitative estimate of drug-likeness (QED) is 0.677. The topological polar surface area (TPSA) is 20.3 Å². The molecule has 0 spiro atoms. The van der Waals surface area contributed by atoms with Crippen LogP contribution in [-0.4, -0.2) is 23.9 Å². The summed E-state index contributed by atoms with van der Waals surface area (Å²) in [5.74, 6) is 0.291.